The molecule has 0 atom stereocenters. The lowest BCUT2D eigenvalue weighted by Crippen LogP contribution is -2.05. The summed E-state index contributed by atoms with van der Waals surface area (Å²) in [6.45, 7) is 0. The minimum absolute atomic E-state index is 0.0139. The van der Waals surface area contributed by atoms with Crippen molar-refractivity contribution in [3.8, 4) is 17.3 Å². The van der Waals surface area contributed by atoms with Crippen LogP contribution >= 0.6 is 0 Å². The molecule has 1 saturated carbocycles. The van der Waals surface area contributed by atoms with Crippen molar-refractivity contribution in [1.82, 2.24) is 9.55 Å². The highest BCUT2D eigenvalue weighted by Crippen LogP contribution is 2.37. The summed E-state index contributed by atoms with van der Waals surface area (Å²) in [6.07, 6.45) is 4.72. The van der Waals surface area contributed by atoms with Crippen LogP contribution in [0.2, 0.25) is 0 Å². The maximum absolute atomic E-state index is 13.4. The van der Waals surface area contributed by atoms with Crippen molar-refractivity contribution in [2.75, 3.05) is 5.73 Å². The van der Waals surface area contributed by atoms with Crippen LogP contribution < -0.4 is 5.73 Å². The summed E-state index contributed by atoms with van der Waals surface area (Å²) in [6, 6.07) is 6.26. The molecule has 4 nitrogen and oxygen atoms in total. The molecule has 0 aliphatic heterocycles. The van der Waals surface area contributed by atoms with Crippen LogP contribution in [0.4, 0.5) is 10.2 Å². The van der Waals surface area contributed by atoms with Gasteiger partial charge in [-0.2, -0.15) is 5.26 Å². The number of halogens is 1. The molecule has 1 heterocycles. The number of rotatable bonds is 2. The molecule has 0 amide bonds. The van der Waals surface area contributed by atoms with Crippen LogP contribution in [0.25, 0.3) is 11.3 Å². The number of imidazole rings is 1. The van der Waals surface area contributed by atoms with Crippen molar-refractivity contribution >= 4 is 5.82 Å². The van der Waals surface area contributed by atoms with Gasteiger partial charge >= 0.3 is 0 Å². The van der Waals surface area contributed by atoms with E-state index in [4.69, 9.17) is 11.0 Å². The van der Waals surface area contributed by atoms with E-state index >= 15 is 0 Å². The van der Waals surface area contributed by atoms with Gasteiger partial charge in [-0.05, 0) is 31.0 Å². The van der Waals surface area contributed by atoms with Crippen LogP contribution in [-0.4, -0.2) is 9.55 Å². The Bertz CT molecular complexity index is 721. The number of nitrogens with zero attached hydrogens (tertiary/aromatic N) is 3. The average molecular weight is 284 g/mol. The molecule has 1 aliphatic rings. The second-order valence-corrected chi connectivity index (χ2v) is 5.55. The van der Waals surface area contributed by atoms with Crippen LogP contribution in [0, 0.1) is 17.1 Å². The van der Waals surface area contributed by atoms with Crippen molar-refractivity contribution in [2.24, 2.45) is 7.05 Å². The van der Waals surface area contributed by atoms with Gasteiger partial charge in [-0.3, -0.25) is 0 Å². The standard InChI is InChI=1S/C16H17FN4/c1-21-15(19)14(20-16(21)10-4-2-3-5-10)11-6-7-13(17)12(8-11)9-18/h6-8,10H,2-5,19H2,1H3. The van der Waals surface area contributed by atoms with Crippen LogP contribution in [0.15, 0.2) is 18.2 Å². The summed E-state index contributed by atoms with van der Waals surface area (Å²) in [7, 11) is 1.91. The molecule has 0 radical (unpaired) electrons. The first-order valence-electron chi connectivity index (χ1n) is 7.14. The van der Waals surface area contributed by atoms with Crippen molar-refractivity contribution in [2.45, 2.75) is 31.6 Å². The molecule has 3 rings (SSSR count). The predicted molar refractivity (Wildman–Crippen MR) is 78.9 cm³/mol. The van der Waals surface area contributed by atoms with Gasteiger partial charge in [0.2, 0.25) is 0 Å². The van der Waals surface area contributed by atoms with Crippen molar-refractivity contribution in [3.63, 3.8) is 0 Å². The molecule has 0 bridgehead atoms. The first-order valence-corrected chi connectivity index (χ1v) is 7.14. The summed E-state index contributed by atoms with van der Waals surface area (Å²) < 4.78 is 15.4. The lowest BCUT2D eigenvalue weighted by molar-refractivity contribution is 0.624. The van der Waals surface area contributed by atoms with Gasteiger partial charge in [-0.1, -0.05) is 12.8 Å². The fourth-order valence-electron chi connectivity index (χ4n) is 3.05. The summed E-state index contributed by atoms with van der Waals surface area (Å²) in [5.41, 5.74) is 7.49. The number of aromatic nitrogens is 2. The molecule has 21 heavy (non-hydrogen) atoms. The molecule has 1 aromatic carbocycles. The zero-order valence-corrected chi connectivity index (χ0v) is 11.9. The van der Waals surface area contributed by atoms with Gasteiger partial charge in [0.25, 0.3) is 0 Å². The van der Waals surface area contributed by atoms with Crippen molar-refractivity contribution < 1.29 is 4.39 Å². The normalized spacial score (nSPS) is 15.3. The van der Waals surface area contributed by atoms with Gasteiger partial charge in [0, 0.05) is 18.5 Å². The Kier molecular flexibility index (Phi) is 3.38. The van der Waals surface area contributed by atoms with Crippen LogP contribution in [0.1, 0.15) is 43.0 Å². The Labute approximate surface area is 123 Å². The van der Waals surface area contributed by atoms with E-state index < -0.39 is 5.82 Å². The Morgan fingerprint density at radius 3 is 2.76 bits per heavy atom. The summed E-state index contributed by atoms with van der Waals surface area (Å²) >= 11 is 0. The monoisotopic (exact) mass is 284 g/mol. The molecule has 0 unspecified atom stereocenters. The topological polar surface area (TPSA) is 67.6 Å². The maximum atomic E-state index is 13.4. The molecule has 1 aliphatic carbocycles. The molecule has 5 heteroatoms. The minimum atomic E-state index is -0.522. The molecule has 1 aromatic heterocycles. The summed E-state index contributed by atoms with van der Waals surface area (Å²) in [5, 5.41) is 8.94. The van der Waals surface area contributed by atoms with Gasteiger partial charge in [0.1, 0.15) is 29.2 Å². The Balaban J connectivity index is 2.07. The molecular formula is C16H17FN4. The van der Waals surface area contributed by atoms with Gasteiger partial charge < -0.3 is 10.3 Å². The highest BCUT2D eigenvalue weighted by atomic mass is 19.1. The fraction of sp³-hybridized carbons (Fsp3) is 0.375. The lowest BCUT2D eigenvalue weighted by Gasteiger charge is -2.08. The zero-order chi connectivity index (χ0) is 15.0. The van der Waals surface area contributed by atoms with E-state index in [1.54, 1.807) is 6.07 Å². The minimum Gasteiger partial charge on any atom is -0.383 e. The van der Waals surface area contributed by atoms with Crippen LogP contribution in [0.5, 0.6) is 0 Å². The third-order valence-electron chi connectivity index (χ3n) is 4.25. The number of hydrogen-bond donors (Lipinski definition) is 1. The third kappa shape index (κ3) is 2.27. The molecule has 0 saturated heterocycles. The largest absolute Gasteiger partial charge is 0.383 e. The quantitative estimate of drug-likeness (QED) is 0.919. The second kappa shape index (κ2) is 5.21. The number of nitriles is 1. The third-order valence-corrected chi connectivity index (χ3v) is 4.25. The molecular weight excluding hydrogens is 267 g/mol. The maximum Gasteiger partial charge on any atom is 0.140 e. The average Bonchev–Trinajstić information content (AvgIpc) is 3.10. The summed E-state index contributed by atoms with van der Waals surface area (Å²) in [5.74, 6) is 1.48. The fourth-order valence-corrected chi connectivity index (χ4v) is 3.05. The van der Waals surface area contributed by atoms with E-state index in [1.807, 2.05) is 17.7 Å². The Morgan fingerprint density at radius 1 is 1.38 bits per heavy atom. The lowest BCUT2D eigenvalue weighted by atomic mass is 10.1. The molecule has 1 fully saturated rings. The number of hydrogen-bond acceptors (Lipinski definition) is 3. The van der Waals surface area contributed by atoms with Crippen molar-refractivity contribution in [3.05, 3.63) is 35.4 Å². The Morgan fingerprint density at radius 2 is 2.10 bits per heavy atom. The van der Waals surface area contributed by atoms with E-state index in [2.05, 4.69) is 4.98 Å². The molecule has 2 N–H and O–H groups in total. The highest BCUT2D eigenvalue weighted by Gasteiger charge is 2.24. The van der Waals surface area contributed by atoms with E-state index in [0.717, 1.165) is 18.7 Å². The number of anilines is 1. The highest BCUT2D eigenvalue weighted by molar-refractivity contribution is 5.72. The van der Waals surface area contributed by atoms with Gasteiger partial charge in [0.15, 0.2) is 0 Å². The molecule has 2 aromatic rings. The van der Waals surface area contributed by atoms with Crippen LogP contribution in [0.3, 0.4) is 0 Å². The SMILES string of the molecule is Cn1c(C2CCCC2)nc(-c2ccc(F)c(C#N)c2)c1N. The first kappa shape index (κ1) is 13.6. The smallest absolute Gasteiger partial charge is 0.140 e. The van der Waals surface area contributed by atoms with E-state index in [1.165, 1.54) is 25.0 Å². The van der Waals surface area contributed by atoms with E-state index in [0.29, 0.717) is 23.0 Å². The first-order chi connectivity index (χ1) is 10.1. The zero-order valence-electron chi connectivity index (χ0n) is 11.9. The van der Waals surface area contributed by atoms with Crippen molar-refractivity contribution in [1.29, 1.82) is 5.26 Å². The molecule has 108 valence electrons. The van der Waals surface area contributed by atoms with Gasteiger partial charge in [-0.15, -0.1) is 0 Å². The number of benzene rings is 1. The van der Waals surface area contributed by atoms with Gasteiger partial charge in [0.05, 0.1) is 5.56 Å². The molecule has 0 spiro atoms. The Hall–Kier alpha value is -2.35. The predicted octanol–water partition coefficient (Wildman–Crippen LogP) is 3.34. The summed E-state index contributed by atoms with van der Waals surface area (Å²) in [4.78, 5) is 4.67. The van der Waals surface area contributed by atoms with Gasteiger partial charge in [-0.25, -0.2) is 9.37 Å². The number of nitrogen functional groups attached to an aromatic ring is 1. The number of nitrogens with two attached hydrogens (primary N) is 1. The van der Waals surface area contributed by atoms with E-state index in [9.17, 15) is 4.39 Å². The van der Waals surface area contributed by atoms with Crippen LogP contribution in [-0.2, 0) is 7.05 Å². The van der Waals surface area contributed by atoms with E-state index in [-0.39, 0.29) is 5.56 Å². The second-order valence-electron chi connectivity index (χ2n) is 5.55.